The summed E-state index contributed by atoms with van der Waals surface area (Å²) in [6, 6.07) is 75.7. The first kappa shape index (κ1) is 32.6. The van der Waals surface area contributed by atoms with Crippen molar-refractivity contribution in [1.29, 1.82) is 0 Å². The average molecular weight is 742 g/mol. The van der Waals surface area contributed by atoms with E-state index in [9.17, 15) is 0 Å². The van der Waals surface area contributed by atoms with Gasteiger partial charge in [-0.05, 0) is 92.0 Å². The molecule has 0 amide bonds. The Hall–Kier alpha value is -7.62. The number of para-hydroxylation sites is 3. The molecule has 3 aliphatic rings. The molecular weight excluding hydrogens is 707 g/mol. The molecule has 58 heavy (non-hydrogen) atoms. The van der Waals surface area contributed by atoms with E-state index in [0.29, 0.717) is 17.2 Å². The molecule has 9 aromatic rings. The lowest BCUT2D eigenvalue weighted by atomic mass is 9.70. The number of nitrogens with zero attached hydrogens (tertiary/aromatic N) is 1. The Morgan fingerprint density at radius 2 is 0.828 bits per heavy atom. The predicted octanol–water partition coefficient (Wildman–Crippen LogP) is 14.7. The van der Waals surface area contributed by atoms with Crippen molar-refractivity contribution < 1.29 is 9.47 Å². The molecule has 0 aromatic heterocycles. The van der Waals surface area contributed by atoms with Crippen molar-refractivity contribution in [1.82, 2.24) is 0 Å². The Bertz CT molecular complexity index is 3020. The van der Waals surface area contributed by atoms with Crippen LogP contribution in [0, 0.1) is 0 Å². The maximum absolute atomic E-state index is 7.35. The summed E-state index contributed by atoms with van der Waals surface area (Å²) in [5.41, 5.74) is 16.9. The van der Waals surface area contributed by atoms with Gasteiger partial charge in [0.2, 0.25) is 0 Å². The molecule has 9 aromatic carbocycles. The van der Waals surface area contributed by atoms with Gasteiger partial charge in [-0.1, -0.05) is 176 Å². The van der Waals surface area contributed by atoms with E-state index in [1.807, 2.05) is 6.07 Å². The van der Waals surface area contributed by atoms with Crippen molar-refractivity contribution in [3.8, 4) is 67.5 Å². The lowest BCUT2D eigenvalue weighted by Gasteiger charge is -2.33. The van der Waals surface area contributed by atoms with E-state index in [1.165, 1.54) is 44.5 Å². The first-order chi connectivity index (χ1) is 28.8. The zero-order valence-electron chi connectivity index (χ0n) is 31.5. The van der Waals surface area contributed by atoms with Gasteiger partial charge in [-0.25, -0.2) is 0 Å². The van der Waals surface area contributed by atoms with E-state index in [1.54, 1.807) is 0 Å². The van der Waals surface area contributed by atoms with E-state index >= 15 is 0 Å². The van der Waals surface area contributed by atoms with Gasteiger partial charge in [0.05, 0.1) is 16.8 Å². The first-order valence-electron chi connectivity index (χ1n) is 19.8. The minimum atomic E-state index is -0.484. The van der Waals surface area contributed by atoms with Crippen LogP contribution in [0.5, 0.6) is 23.0 Å². The van der Waals surface area contributed by atoms with E-state index in [2.05, 4.69) is 211 Å². The van der Waals surface area contributed by atoms with E-state index in [0.717, 1.165) is 45.1 Å². The van der Waals surface area contributed by atoms with Crippen molar-refractivity contribution in [3.63, 3.8) is 0 Å². The third-order valence-electron chi connectivity index (χ3n) is 12.2. The van der Waals surface area contributed by atoms with Crippen molar-refractivity contribution in [2.75, 3.05) is 4.90 Å². The molecule has 0 saturated heterocycles. The summed E-state index contributed by atoms with van der Waals surface area (Å²) >= 11 is 0. The fourth-order valence-electron chi connectivity index (χ4n) is 9.77. The molecule has 3 heteroatoms. The molecule has 3 nitrogen and oxygen atoms in total. The number of rotatable bonds is 5. The Labute approximate surface area is 337 Å². The van der Waals surface area contributed by atoms with Crippen molar-refractivity contribution in [3.05, 3.63) is 235 Å². The minimum Gasteiger partial charge on any atom is -0.449 e. The fraction of sp³-hybridized carbons (Fsp3) is 0.0182. The number of hydrogen-bond acceptors (Lipinski definition) is 3. The summed E-state index contributed by atoms with van der Waals surface area (Å²) in [6.45, 7) is 0. The number of hydrogen-bond donors (Lipinski definition) is 0. The van der Waals surface area contributed by atoms with E-state index in [4.69, 9.17) is 9.47 Å². The van der Waals surface area contributed by atoms with Crippen molar-refractivity contribution >= 4 is 17.1 Å². The van der Waals surface area contributed by atoms with Crippen LogP contribution in [0.4, 0.5) is 17.1 Å². The maximum Gasteiger partial charge on any atom is 0.194 e. The molecule has 1 heterocycles. The molecule has 0 fully saturated rings. The Balaban J connectivity index is 1.04. The molecule has 0 bridgehead atoms. The largest absolute Gasteiger partial charge is 0.449 e. The minimum absolute atomic E-state index is 0.484. The van der Waals surface area contributed by atoms with Gasteiger partial charge in [-0.3, -0.25) is 0 Å². The number of benzene rings is 9. The molecular formula is C55H35NO2. The van der Waals surface area contributed by atoms with Gasteiger partial charge in [-0.15, -0.1) is 0 Å². The van der Waals surface area contributed by atoms with Crippen LogP contribution in [-0.2, 0) is 5.41 Å². The summed E-state index contributed by atoms with van der Waals surface area (Å²) < 4.78 is 14.2. The molecule has 1 aliphatic heterocycles. The fourth-order valence-corrected chi connectivity index (χ4v) is 9.77. The highest BCUT2D eigenvalue weighted by Crippen LogP contribution is 2.67. The van der Waals surface area contributed by atoms with Gasteiger partial charge >= 0.3 is 0 Å². The smallest absolute Gasteiger partial charge is 0.194 e. The molecule has 0 N–H and O–H groups in total. The molecule has 0 atom stereocenters. The lowest BCUT2D eigenvalue weighted by Crippen LogP contribution is -2.25. The normalized spacial score (nSPS) is 13.2. The standard InChI is InChI=1S/C55H35NO2/c1-3-16-36(17-4-1)37-30-32-38(33-31-37)40-20-10-14-27-48(40)56(39-18-5-2-6-19-39)49-28-15-29-50-53(49)58-54-51(57-50)35-34-47-52(54)43-23-9-13-26-46(43)55(47)44-24-11-7-21-41(44)42-22-8-12-25-45(42)55/h1-35H. The molecule has 0 radical (unpaired) electrons. The van der Waals surface area contributed by atoms with Gasteiger partial charge in [0, 0.05) is 16.8 Å². The lowest BCUT2D eigenvalue weighted by molar-refractivity contribution is 0.361. The zero-order chi connectivity index (χ0) is 38.2. The van der Waals surface area contributed by atoms with Crippen molar-refractivity contribution in [2.45, 2.75) is 5.41 Å². The van der Waals surface area contributed by atoms with E-state index < -0.39 is 5.41 Å². The number of ether oxygens (including phenoxy) is 2. The second-order valence-electron chi connectivity index (χ2n) is 15.1. The third-order valence-corrected chi connectivity index (χ3v) is 12.2. The summed E-state index contributed by atoms with van der Waals surface area (Å²) in [6.07, 6.45) is 0. The van der Waals surface area contributed by atoms with Gasteiger partial charge in [0.1, 0.15) is 0 Å². The maximum atomic E-state index is 7.35. The topological polar surface area (TPSA) is 21.7 Å². The van der Waals surface area contributed by atoms with Crippen LogP contribution in [0.3, 0.4) is 0 Å². The highest BCUT2D eigenvalue weighted by atomic mass is 16.6. The Morgan fingerprint density at radius 3 is 1.53 bits per heavy atom. The van der Waals surface area contributed by atoms with E-state index in [-0.39, 0.29) is 0 Å². The summed E-state index contributed by atoms with van der Waals surface area (Å²) in [5, 5.41) is 0. The van der Waals surface area contributed by atoms with Crippen molar-refractivity contribution in [2.24, 2.45) is 0 Å². The highest BCUT2D eigenvalue weighted by Gasteiger charge is 2.53. The molecule has 1 spiro atoms. The third kappa shape index (κ3) is 4.62. The Kier molecular flexibility index (Phi) is 7.14. The zero-order valence-corrected chi connectivity index (χ0v) is 31.5. The van der Waals surface area contributed by atoms with Gasteiger partial charge < -0.3 is 14.4 Å². The summed E-state index contributed by atoms with van der Waals surface area (Å²) in [7, 11) is 0. The van der Waals surface area contributed by atoms with Crippen LogP contribution in [-0.4, -0.2) is 0 Å². The van der Waals surface area contributed by atoms with Crippen LogP contribution in [0.1, 0.15) is 22.3 Å². The SMILES string of the molecule is c1ccc(-c2ccc(-c3ccccc3N(c3ccccc3)c3cccc4c3Oc3c(ccc5c3-c3ccccc3C53c5ccccc5-c5ccccc53)O4)cc2)cc1. The highest BCUT2D eigenvalue weighted by molar-refractivity contribution is 5.98. The molecule has 2 aliphatic carbocycles. The number of anilines is 3. The molecule has 0 unspecified atom stereocenters. The second-order valence-corrected chi connectivity index (χ2v) is 15.1. The number of fused-ring (bicyclic) bond motifs is 13. The second kappa shape index (κ2) is 12.7. The molecule has 0 saturated carbocycles. The monoisotopic (exact) mass is 741 g/mol. The van der Waals surface area contributed by atoms with Gasteiger partial charge in [-0.2, -0.15) is 0 Å². The average Bonchev–Trinajstić information content (AvgIpc) is 3.77. The van der Waals surface area contributed by atoms with Crippen LogP contribution in [0.25, 0.3) is 44.5 Å². The summed E-state index contributed by atoms with van der Waals surface area (Å²) in [4.78, 5) is 2.30. The van der Waals surface area contributed by atoms with Gasteiger partial charge in [0.25, 0.3) is 0 Å². The quantitative estimate of drug-likeness (QED) is 0.175. The van der Waals surface area contributed by atoms with Crippen LogP contribution < -0.4 is 14.4 Å². The van der Waals surface area contributed by atoms with Crippen LogP contribution in [0.15, 0.2) is 212 Å². The predicted molar refractivity (Wildman–Crippen MR) is 235 cm³/mol. The first-order valence-corrected chi connectivity index (χ1v) is 19.8. The Morgan fingerprint density at radius 1 is 0.310 bits per heavy atom. The van der Waals surface area contributed by atoms with Crippen LogP contribution >= 0.6 is 0 Å². The molecule has 12 rings (SSSR count). The molecule has 272 valence electrons. The summed E-state index contributed by atoms with van der Waals surface area (Å²) in [5.74, 6) is 2.79. The van der Waals surface area contributed by atoms with Gasteiger partial charge in [0.15, 0.2) is 23.0 Å². The van der Waals surface area contributed by atoms with Crippen LogP contribution in [0.2, 0.25) is 0 Å².